The van der Waals surface area contributed by atoms with E-state index in [-0.39, 0.29) is 23.3 Å². The quantitative estimate of drug-likeness (QED) is 0.116. The maximum absolute atomic E-state index is 12.7. The molecule has 10 nitrogen and oxygen atoms in total. The molecule has 0 spiro atoms. The van der Waals surface area contributed by atoms with E-state index >= 15 is 0 Å². The predicted molar refractivity (Wildman–Crippen MR) is 142 cm³/mol. The second-order valence-corrected chi connectivity index (χ2v) is 9.94. The molecule has 0 N–H and O–H groups in total. The topological polar surface area (TPSA) is 125 Å². The van der Waals surface area contributed by atoms with Gasteiger partial charge in [-0.2, -0.15) is 0 Å². The number of rotatable bonds is 10. The van der Waals surface area contributed by atoms with Crippen LogP contribution in [0.4, 0.5) is 10.5 Å². The van der Waals surface area contributed by atoms with Crippen LogP contribution in [0.2, 0.25) is 0 Å². The molecule has 0 unspecified atom stereocenters. The molecule has 36 heavy (non-hydrogen) atoms. The van der Waals surface area contributed by atoms with Crippen molar-refractivity contribution in [3.05, 3.63) is 66.1 Å². The second kappa shape index (κ2) is 12.2. The van der Waals surface area contributed by atoms with Crippen LogP contribution in [0, 0.1) is 13.7 Å². The zero-order chi connectivity index (χ0) is 26.4. The maximum atomic E-state index is 12.7. The van der Waals surface area contributed by atoms with Gasteiger partial charge < -0.3 is 14.2 Å². The summed E-state index contributed by atoms with van der Waals surface area (Å²) in [7, 11) is 0. The van der Waals surface area contributed by atoms with Crippen LogP contribution in [-0.4, -0.2) is 46.2 Å². The number of benzene rings is 2. The van der Waals surface area contributed by atoms with Gasteiger partial charge >= 0.3 is 5.97 Å². The van der Waals surface area contributed by atoms with Crippen LogP contribution in [0.5, 0.6) is 11.5 Å². The number of imide groups is 1. The normalized spacial score (nSPS) is 14.5. The monoisotopic (exact) mass is 626 g/mol. The number of carbonyl (C=O) groups is 3. The van der Waals surface area contributed by atoms with E-state index < -0.39 is 28.6 Å². The summed E-state index contributed by atoms with van der Waals surface area (Å²) in [6.45, 7) is 5.27. The van der Waals surface area contributed by atoms with Crippen molar-refractivity contribution in [2.75, 3.05) is 13.2 Å². The van der Waals surface area contributed by atoms with Gasteiger partial charge in [0.2, 0.25) is 0 Å². The Balaban J connectivity index is 1.79. The highest BCUT2D eigenvalue weighted by Crippen LogP contribution is 2.38. The van der Waals surface area contributed by atoms with E-state index in [1.807, 2.05) is 6.92 Å². The number of nitrogens with zero attached hydrogens (tertiary/aromatic N) is 2. The lowest BCUT2D eigenvalue weighted by molar-refractivity contribution is -0.384. The molecule has 0 bridgehead atoms. The van der Waals surface area contributed by atoms with Crippen LogP contribution in [0.25, 0.3) is 6.08 Å². The lowest BCUT2D eigenvalue weighted by Gasteiger charge is -2.15. The molecular weight excluding hydrogens is 603 g/mol. The van der Waals surface area contributed by atoms with Gasteiger partial charge in [0.15, 0.2) is 11.5 Å². The van der Waals surface area contributed by atoms with Gasteiger partial charge in [0.25, 0.3) is 16.8 Å². The average molecular weight is 626 g/mol. The number of hydrogen-bond donors (Lipinski definition) is 0. The minimum absolute atomic E-state index is 0.00563. The molecule has 190 valence electrons. The SMILES string of the molecule is CCOc1cc(/C=C2/SC(=O)N(CC(=O)OC(C)C)C2=O)cc(I)c1OCc1ccc([N+](=O)[O-])cc1. The minimum Gasteiger partial charge on any atom is -0.490 e. The minimum atomic E-state index is -0.656. The van der Waals surface area contributed by atoms with E-state index in [2.05, 4.69) is 22.6 Å². The Morgan fingerprint density at radius 1 is 1.19 bits per heavy atom. The number of esters is 1. The fourth-order valence-corrected chi connectivity index (χ4v) is 4.78. The van der Waals surface area contributed by atoms with Crippen molar-refractivity contribution in [3.8, 4) is 11.5 Å². The van der Waals surface area contributed by atoms with Crippen molar-refractivity contribution in [3.63, 3.8) is 0 Å². The van der Waals surface area contributed by atoms with Crippen molar-refractivity contribution in [2.24, 2.45) is 0 Å². The second-order valence-electron chi connectivity index (χ2n) is 7.78. The van der Waals surface area contributed by atoms with Gasteiger partial charge in [0, 0.05) is 12.1 Å². The van der Waals surface area contributed by atoms with Gasteiger partial charge in [0.05, 0.1) is 26.1 Å². The molecule has 3 rings (SSSR count). The average Bonchev–Trinajstić information content (AvgIpc) is 3.05. The van der Waals surface area contributed by atoms with Gasteiger partial charge in [-0.3, -0.25) is 29.4 Å². The third kappa shape index (κ3) is 6.97. The zero-order valence-corrected chi connectivity index (χ0v) is 22.7. The van der Waals surface area contributed by atoms with Crippen LogP contribution >= 0.6 is 34.4 Å². The largest absolute Gasteiger partial charge is 0.490 e. The summed E-state index contributed by atoms with van der Waals surface area (Å²) in [6, 6.07) is 9.52. The molecule has 12 heteroatoms. The number of thioether (sulfide) groups is 1. The number of amides is 2. The fourth-order valence-electron chi connectivity index (χ4n) is 3.16. The molecule has 0 radical (unpaired) electrons. The summed E-state index contributed by atoms with van der Waals surface area (Å²) in [4.78, 5) is 48.4. The first-order valence-electron chi connectivity index (χ1n) is 10.9. The summed E-state index contributed by atoms with van der Waals surface area (Å²) in [5.74, 6) is -0.303. The molecule has 0 atom stereocenters. The van der Waals surface area contributed by atoms with Gasteiger partial charge in [-0.05, 0) is 96.6 Å². The Bertz CT molecular complexity index is 1210. The number of nitro benzene ring substituents is 1. The number of carbonyl (C=O) groups excluding carboxylic acids is 3. The lowest BCUT2D eigenvalue weighted by atomic mass is 10.1. The van der Waals surface area contributed by atoms with E-state index in [1.165, 1.54) is 12.1 Å². The van der Waals surface area contributed by atoms with Crippen LogP contribution in [0.15, 0.2) is 41.3 Å². The first-order valence-corrected chi connectivity index (χ1v) is 12.8. The molecule has 1 aliphatic rings. The lowest BCUT2D eigenvalue weighted by Crippen LogP contribution is -2.35. The highest BCUT2D eigenvalue weighted by Gasteiger charge is 2.37. The van der Waals surface area contributed by atoms with Gasteiger partial charge in [0.1, 0.15) is 13.2 Å². The molecule has 1 aliphatic heterocycles. The Labute approximate surface area is 225 Å². The van der Waals surface area contributed by atoms with E-state index in [0.717, 1.165) is 22.2 Å². The smallest absolute Gasteiger partial charge is 0.326 e. The molecule has 2 aromatic rings. The number of halogens is 1. The highest BCUT2D eigenvalue weighted by atomic mass is 127. The first-order chi connectivity index (χ1) is 17.1. The van der Waals surface area contributed by atoms with E-state index in [9.17, 15) is 24.5 Å². The van der Waals surface area contributed by atoms with E-state index in [4.69, 9.17) is 14.2 Å². The molecule has 0 aliphatic carbocycles. The molecule has 0 saturated carbocycles. The summed E-state index contributed by atoms with van der Waals surface area (Å²) in [6.07, 6.45) is 1.21. The van der Waals surface area contributed by atoms with E-state index in [1.54, 1.807) is 44.2 Å². The van der Waals surface area contributed by atoms with Crippen molar-refractivity contribution >= 4 is 63.2 Å². The predicted octanol–water partition coefficient (Wildman–Crippen LogP) is 5.17. The van der Waals surface area contributed by atoms with Crippen LogP contribution in [0.1, 0.15) is 31.9 Å². The van der Waals surface area contributed by atoms with Gasteiger partial charge in [-0.25, -0.2) is 0 Å². The molecule has 1 saturated heterocycles. The van der Waals surface area contributed by atoms with Crippen LogP contribution in [0.3, 0.4) is 0 Å². The summed E-state index contributed by atoms with van der Waals surface area (Å²) in [5.41, 5.74) is 1.35. The maximum Gasteiger partial charge on any atom is 0.326 e. The standard InChI is InChI=1S/C24H23IN2O8S/c1-4-33-19-10-16(11-20-23(29)26(24(30)36-20)12-21(28)35-14(2)3)9-18(25)22(19)34-13-15-5-7-17(8-6-15)27(31)32/h5-11,14H,4,12-13H2,1-3H3/b20-11+. The number of non-ortho nitro benzene ring substituents is 1. The Morgan fingerprint density at radius 3 is 2.50 bits per heavy atom. The Kier molecular flexibility index (Phi) is 9.31. The number of hydrogen-bond acceptors (Lipinski definition) is 9. The number of nitro groups is 1. The Hall–Kier alpha value is -3.13. The third-order valence-electron chi connectivity index (χ3n) is 4.69. The summed E-state index contributed by atoms with van der Waals surface area (Å²) >= 11 is 2.83. The van der Waals surface area contributed by atoms with Crippen molar-refractivity contribution in [2.45, 2.75) is 33.5 Å². The fraction of sp³-hybridized carbons (Fsp3) is 0.292. The van der Waals surface area contributed by atoms with Gasteiger partial charge in [-0.15, -0.1) is 0 Å². The first kappa shape index (κ1) is 27.5. The third-order valence-corrected chi connectivity index (χ3v) is 6.40. The molecular formula is C24H23IN2O8S. The molecule has 1 fully saturated rings. The molecule has 0 aromatic heterocycles. The van der Waals surface area contributed by atoms with Crippen molar-refractivity contribution in [1.82, 2.24) is 4.90 Å². The molecule has 1 heterocycles. The molecule has 2 aromatic carbocycles. The van der Waals surface area contributed by atoms with Crippen molar-refractivity contribution in [1.29, 1.82) is 0 Å². The van der Waals surface area contributed by atoms with Gasteiger partial charge in [-0.1, -0.05) is 0 Å². The van der Waals surface area contributed by atoms with E-state index in [0.29, 0.717) is 27.2 Å². The number of ether oxygens (including phenoxy) is 3. The molecule has 2 amide bonds. The Morgan fingerprint density at radius 2 is 1.89 bits per heavy atom. The highest BCUT2D eigenvalue weighted by molar-refractivity contribution is 14.1. The van der Waals surface area contributed by atoms with Crippen molar-refractivity contribution < 1.29 is 33.5 Å². The van der Waals surface area contributed by atoms with Crippen LogP contribution in [-0.2, 0) is 20.9 Å². The van der Waals surface area contributed by atoms with Crippen LogP contribution < -0.4 is 9.47 Å². The summed E-state index contributed by atoms with van der Waals surface area (Å²) < 4.78 is 17.4. The summed E-state index contributed by atoms with van der Waals surface area (Å²) in [5, 5.41) is 10.3. The zero-order valence-electron chi connectivity index (χ0n) is 19.7.